The van der Waals surface area contributed by atoms with Crippen molar-refractivity contribution in [3.63, 3.8) is 0 Å². The monoisotopic (exact) mass is 151 g/mol. The lowest BCUT2D eigenvalue weighted by Gasteiger charge is -1.95. The Morgan fingerprint density at radius 3 is 3.00 bits per heavy atom. The summed E-state index contributed by atoms with van der Waals surface area (Å²) in [7, 11) is 0. The highest BCUT2D eigenvalue weighted by Crippen LogP contribution is 2.08. The minimum Gasteiger partial charge on any atom is -0.326 e. The van der Waals surface area contributed by atoms with Gasteiger partial charge in [-0.25, -0.2) is 0 Å². The molecule has 0 unspecified atom stereocenters. The van der Waals surface area contributed by atoms with Crippen LogP contribution in [0, 0.1) is 0 Å². The van der Waals surface area contributed by atoms with Crippen LogP contribution < -0.4 is 5.73 Å². The molecule has 0 saturated carbocycles. The highest BCUT2D eigenvalue weighted by molar-refractivity contribution is 5.63. The molecule has 2 N–H and O–H groups in total. The van der Waals surface area contributed by atoms with Gasteiger partial charge >= 0.3 is 0 Å². The van der Waals surface area contributed by atoms with Crippen molar-refractivity contribution in [2.24, 2.45) is 5.73 Å². The predicted octanol–water partition coefficient (Wildman–Crippen LogP) is 0.875. The average molecular weight is 151 g/mol. The summed E-state index contributed by atoms with van der Waals surface area (Å²) in [6, 6.07) is 0. The van der Waals surface area contributed by atoms with Gasteiger partial charge in [0.15, 0.2) is 0 Å². The number of nitrogens with zero attached hydrogens (tertiary/aromatic N) is 2. The molecule has 0 aliphatic carbocycles. The maximum atomic E-state index is 5.42. The third-order valence-corrected chi connectivity index (χ3v) is 1.61. The Labute approximate surface area is 66.5 Å². The third-order valence-electron chi connectivity index (χ3n) is 1.61. The normalized spacial score (nSPS) is 10.0. The van der Waals surface area contributed by atoms with E-state index in [1.165, 1.54) is 0 Å². The summed E-state index contributed by atoms with van der Waals surface area (Å²) in [5, 5.41) is 4.10. The smallest absolute Gasteiger partial charge is 0.0565 e. The SMILES string of the molecule is C=C(CN)c1cnn(CC)c1. The second-order valence-electron chi connectivity index (χ2n) is 2.39. The predicted molar refractivity (Wildman–Crippen MR) is 46.0 cm³/mol. The molecule has 1 aromatic heterocycles. The first-order valence-corrected chi connectivity index (χ1v) is 3.68. The molecule has 0 amide bonds. The van der Waals surface area contributed by atoms with E-state index in [-0.39, 0.29) is 0 Å². The second-order valence-corrected chi connectivity index (χ2v) is 2.39. The third kappa shape index (κ3) is 1.68. The molecular weight excluding hydrogens is 138 g/mol. The van der Waals surface area contributed by atoms with Crippen LogP contribution >= 0.6 is 0 Å². The van der Waals surface area contributed by atoms with Crippen LogP contribution in [0.4, 0.5) is 0 Å². The fourth-order valence-corrected chi connectivity index (χ4v) is 0.837. The van der Waals surface area contributed by atoms with Crippen molar-refractivity contribution in [3.8, 4) is 0 Å². The van der Waals surface area contributed by atoms with E-state index in [9.17, 15) is 0 Å². The molecule has 0 aromatic carbocycles. The zero-order chi connectivity index (χ0) is 8.27. The summed E-state index contributed by atoms with van der Waals surface area (Å²) in [5.41, 5.74) is 7.39. The molecule has 1 aromatic rings. The van der Waals surface area contributed by atoms with Gasteiger partial charge in [0.1, 0.15) is 0 Å². The van der Waals surface area contributed by atoms with Gasteiger partial charge < -0.3 is 5.73 Å². The molecule has 0 aliphatic heterocycles. The summed E-state index contributed by atoms with van der Waals surface area (Å²) in [5.74, 6) is 0. The molecule has 11 heavy (non-hydrogen) atoms. The Morgan fingerprint density at radius 2 is 2.55 bits per heavy atom. The molecule has 0 atom stereocenters. The number of hydrogen-bond acceptors (Lipinski definition) is 2. The van der Waals surface area contributed by atoms with Crippen LogP contribution in [0.2, 0.25) is 0 Å². The molecule has 0 saturated heterocycles. The summed E-state index contributed by atoms with van der Waals surface area (Å²) in [6.45, 7) is 7.24. The molecule has 0 fully saturated rings. The van der Waals surface area contributed by atoms with Gasteiger partial charge in [0.25, 0.3) is 0 Å². The summed E-state index contributed by atoms with van der Waals surface area (Å²) < 4.78 is 1.86. The molecule has 0 radical (unpaired) electrons. The highest BCUT2D eigenvalue weighted by Gasteiger charge is 1.98. The minimum atomic E-state index is 0.495. The molecule has 1 rings (SSSR count). The zero-order valence-electron chi connectivity index (χ0n) is 6.75. The topological polar surface area (TPSA) is 43.8 Å². The molecule has 3 nitrogen and oxygen atoms in total. The van der Waals surface area contributed by atoms with E-state index in [0.29, 0.717) is 6.54 Å². The van der Waals surface area contributed by atoms with Crippen molar-refractivity contribution in [2.45, 2.75) is 13.5 Å². The standard InChI is InChI=1S/C8H13N3/c1-3-11-6-8(5-10-11)7(2)4-9/h5-6H,2-4,9H2,1H3. The summed E-state index contributed by atoms with van der Waals surface area (Å²) >= 11 is 0. The lowest BCUT2D eigenvalue weighted by molar-refractivity contribution is 0.659. The van der Waals surface area contributed by atoms with Gasteiger partial charge in [0, 0.05) is 24.8 Å². The fourth-order valence-electron chi connectivity index (χ4n) is 0.837. The summed E-state index contributed by atoms with van der Waals surface area (Å²) in [6.07, 6.45) is 3.74. The quantitative estimate of drug-likeness (QED) is 0.696. The number of aryl methyl sites for hydroxylation is 1. The molecule has 1 heterocycles. The minimum absolute atomic E-state index is 0.495. The number of rotatable bonds is 3. The Morgan fingerprint density at radius 1 is 1.82 bits per heavy atom. The van der Waals surface area contributed by atoms with Crippen LogP contribution in [-0.4, -0.2) is 16.3 Å². The zero-order valence-corrected chi connectivity index (χ0v) is 6.75. The largest absolute Gasteiger partial charge is 0.326 e. The van der Waals surface area contributed by atoms with Gasteiger partial charge in [0.05, 0.1) is 6.20 Å². The van der Waals surface area contributed by atoms with Gasteiger partial charge in [-0.1, -0.05) is 6.58 Å². The first kappa shape index (κ1) is 8.01. The van der Waals surface area contributed by atoms with Crippen LogP contribution in [0.1, 0.15) is 12.5 Å². The van der Waals surface area contributed by atoms with Crippen molar-refractivity contribution in [3.05, 3.63) is 24.5 Å². The Balaban J connectivity index is 2.80. The molecule has 60 valence electrons. The van der Waals surface area contributed by atoms with E-state index in [2.05, 4.69) is 11.7 Å². The Bertz CT molecular complexity index is 250. The lowest BCUT2D eigenvalue weighted by atomic mass is 10.2. The van der Waals surface area contributed by atoms with Gasteiger partial charge in [-0.3, -0.25) is 4.68 Å². The molecule has 0 spiro atoms. The van der Waals surface area contributed by atoms with Gasteiger partial charge in [0.2, 0.25) is 0 Å². The Hall–Kier alpha value is -1.09. The first-order chi connectivity index (χ1) is 5.27. The highest BCUT2D eigenvalue weighted by atomic mass is 15.3. The van der Waals surface area contributed by atoms with Crippen molar-refractivity contribution >= 4 is 5.57 Å². The van der Waals surface area contributed by atoms with Crippen molar-refractivity contribution < 1.29 is 0 Å². The maximum absolute atomic E-state index is 5.42. The van der Waals surface area contributed by atoms with E-state index in [4.69, 9.17) is 5.73 Å². The first-order valence-electron chi connectivity index (χ1n) is 3.68. The van der Waals surface area contributed by atoms with Crippen molar-refractivity contribution in [1.29, 1.82) is 0 Å². The Kier molecular flexibility index (Phi) is 2.44. The van der Waals surface area contributed by atoms with E-state index in [1.807, 2.05) is 17.8 Å². The number of aromatic nitrogens is 2. The fraction of sp³-hybridized carbons (Fsp3) is 0.375. The summed E-state index contributed by atoms with van der Waals surface area (Å²) in [4.78, 5) is 0. The maximum Gasteiger partial charge on any atom is 0.0565 e. The number of hydrogen-bond donors (Lipinski definition) is 1. The van der Waals surface area contributed by atoms with Crippen LogP contribution in [0.3, 0.4) is 0 Å². The van der Waals surface area contributed by atoms with Crippen molar-refractivity contribution in [2.75, 3.05) is 6.54 Å². The van der Waals surface area contributed by atoms with E-state index in [1.54, 1.807) is 6.20 Å². The molecular formula is C8H13N3. The van der Waals surface area contributed by atoms with Gasteiger partial charge in [-0.2, -0.15) is 5.10 Å². The molecule has 0 bridgehead atoms. The van der Waals surface area contributed by atoms with E-state index < -0.39 is 0 Å². The molecule has 0 aliphatic rings. The van der Waals surface area contributed by atoms with Crippen LogP contribution in [0.25, 0.3) is 5.57 Å². The second kappa shape index (κ2) is 3.34. The average Bonchev–Trinajstić information content (AvgIpc) is 2.50. The van der Waals surface area contributed by atoms with E-state index in [0.717, 1.165) is 17.7 Å². The van der Waals surface area contributed by atoms with Crippen LogP contribution in [0.15, 0.2) is 19.0 Å². The number of nitrogens with two attached hydrogens (primary N) is 1. The van der Waals surface area contributed by atoms with Gasteiger partial charge in [-0.05, 0) is 12.5 Å². The van der Waals surface area contributed by atoms with Crippen molar-refractivity contribution in [1.82, 2.24) is 9.78 Å². The van der Waals surface area contributed by atoms with Crippen LogP contribution in [0.5, 0.6) is 0 Å². The molecule has 3 heteroatoms. The lowest BCUT2D eigenvalue weighted by Crippen LogP contribution is -2.00. The van der Waals surface area contributed by atoms with Crippen LogP contribution in [-0.2, 0) is 6.54 Å². The van der Waals surface area contributed by atoms with Gasteiger partial charge in [-0.15, -0.1) is 0 Å². The van der Waals surface area contributed by atoms with E-state index >= 15 is 0 Å².